The molecule has 2 amide bonds. The van der Waals surface area contributed by atoms with Crippen molar-refractivity contribution in [3.05, 3.63) is 65.7 Å². The van der Waals surface area contributed by atoms with Crippen molar-refractivity contribution in [2.75, 3.05) is 5.32 Å². The number of rotatable bonds is 6. The Morgan fingerprint density at radius 3 is 2.52 bits per heavy atom. The van der Waals surface area contributed by atoms with Crippen LogP contribution >= 0.6 is 0 Å². The van der Waals surface area contributed by atoms with E-state index < -0.39 is 24.6 Å². The maximum absolute atomic E-state index is 12.9. The van der Waals surface area contributed by atoms with Gasteiger partial charge in [-0.25, -0.2) is 13.6 Å². The van der Waals surface area contributed by atoms with E-state index in [2.05, 4.69) is 10.6 Å². The van der Waals surface area contributed by atoms with E-state index in [0.717, 1.165) is 0 Å². The van der Waals surface area contributed by atoms with Crippen LogP contribution in [0.1, 0.15) is 11.1 Å². The minimum absolute atomic E-state index is 0.0536. The first kappa shape index (κ1) is 18.4. The first-order valence-electron chi connectivity index (χ1n) is 7.57. The fraction of sp³-hybridized carbons (Fsp3) is 0.222. The number of carbonyl (C=O) groups excluding carboxylic acids is 1. The lowest BCUT2D eigenvalue weighted by molar-refractivity contribution is -0.0232. The van der Waals surface area contributed by atoms with Crippen LogP contribution in [-0.4, -0.2) is 29.7 Å². The number of aliphatic hydroxyl groups is 1. The van der Waals surface area contributed by atoms with E-state index in [1.165, 1.54) is 6.07 Å². The summed E-state index contributed by atoms with van der Waals surface area (Å²) in [6, 6.07) is 14.9. The average molecular weight is 345 g/mol. The normalized spacial score (nSPS) is 12.9. The highest BCUT2D eigenvalue weighted by atomic mass is 19.3. The monoisotopic (exact) mass is 345 g/mol. The lowest BCUT2D eigenvalue weighted by Crippen LogP contribution is -2.49. The molecular weight excluding hydrogens is 328 g/mol. The molecule has 0 aliphatic heterocycles. The van der Waals surface area contributed by atoms with Gasteiger partial charge in [0.05, 0.1) is 17.7 Å². The second-order valence-corrected chi connectivity index (χ2v) is 5.41. The third-order valence-corrected chi connectivity index (χ3v) is 3.53. The summed E-state index contributed by atoms with van der Waals surface area (Å²) in [7, 11) is 0. The zero-order valence-corrected chi connectivity index (χ0v) is 13.2. The number of anilines is 1. The standard InChI is InChI=1S/C18H17F2N3O2/c19-17(20)16(24)15(10-12-5-2-1-3-6-12)23-18(25)22-14-8-4-7-13(9-14)11-21/h1-9,15-17,24H,10H2,(H2,22,23,25)/t15-,16-/m1/s1. The highest BCUT2D eigenvalue weighted by Gasteiger charge is 2.29. The maximum Gasteiger partial charge on any atom is 0.319 e. The van der Waals surface area contributed by atoms with E-state index in [1.807, 2.05) is 6.07 Å². The van der Waals surface area contributed by atoms with Gasteiger partial charge in [-0.15, -0.1) is 0 Å². The molecule has 2 rings (SSSR count). The van der Waals surface area contributed by atoms with Crippen molar-refractivity contribution in [3.63, 3.8) is 0 Å². The van der Waals surface area contributed by atoms with E-state index in [4.69, 9.17) is 5.26 Å². The number of aliphatic hydroxyl groups excluding tert-OH is 1. The minimum Gasteiger partial charge on any atom is -0.385 e. The topological polar surface area (TPSA) is 85.2 Å². The van der Waals surface area contributed by atoms with Gasteiger partial charge in [0.2, 0.25) is 0 Å². The average Bonchev–Trinajstić information content (AvgIpc) is 2.61. The van der Waals surface area contributed by atoms with Crippen LogP contribution in [-0.2, 0) is 6.42 Å². The fourth-order valence-electron chi connectivity index (χ4n) is 2.30. The first-order chi connectivity index (χ1) is 12.0. The van der Waals surface area contributed by atoms with Crippen LogP contribution in [0.4, 0.5) is 19.3 Å². The van der Waals surface area contributed by atoms with Crippen LogP contribution in [0, 0.1) is 11.3 Å². The van der Waals surface area contributed by atoms with Crippen LogP contribution in [0.2, 0.25) is 0 Å². The maximum atomic E-state index is 12.9. The highest BCUT2D eigenvalue weighted by molar-refractivity contribution is 5.89. The van der Waals surface area contributed by atoms with Gasteiger partial charge >= 0.3 is 6.03 Å². The Labute approximate surface area is 143 Å². The Hall–Kier alpha value is -2.98. The highest BCUT2D eigenvalue weighted by Crippen LogP contribution is 2.13. The number of halogens is 2. The van der Waals surface area contributed by atoms with Gasteiger partial charge in [0, 0.05) is 5.69 Å². The quantitative estimate of drug-likeness (QED) is 0.752. The summed E-state index contributed by atoms with van der Waals surface area (Å²) in [4.78, 5) is 12.1. The number of benzene rings is 2. The predicted molar refractivity (Wildman–Crippen MR) is 89.3 cm³/mol. The predicted octanol–water partition coefficient (Wildman–Crippen LogP) is 2.92. The molecule has 25 heavy (non-hydrogen) atoms. The van der Waals surface area contributed by atoms with Crippen LogP contribution in [0.5, 0.6) is 0 Å². The summed E-state index contributed by atoms with van der Waals surface area (Å²) in [5.41, 5.74) is 1.41. The molecule has 0 heterocycles. The molecule has 0 saturated carbocycles. The lowest BCUT2D eigenvalue weighted by atomic mass is 10.0. The Morgan fingerprint density at radius 1 is 1.16 bits per heavy atom. The summed E-state index contributed by atoms with van der Waals surface area (Å²) in [6.07, 6.45) is -4.94. The molecule has 0 bridgehead atoms. The molecule has 2 aromatic rings. The number of carbonyl (C=O) groups is 1. The van der Waals surface area contributed by atoms with E-state index in [-0.39, 0.29) is 6.42 Å². The summed E-state index contributed by atoms with van der Waals surface area (Å²) in [6.45, 7) is 0. The van der Waals surface area contributed by atoms with Gasteiger partial charge in [-0.2, -0.15) is 5.26 Å². The molecule has 7 heteroatoms. The molecule has 3 N–H and O–H groups in total. The molecule has 5 nitrogen and oxygen atoms in total. The van der Waals surface area contributed by atoms with Crippen molar-refractivity contribution in [1.29, 1.82) is 5.26 Å². The molecular formula is C18H17F2N3O2. The van der Waals surface area contributed by atoms with Crippen molar-refractivity contribution < 1.29 is 18.7 Å². The van der Waals surface area contributed by atoms with E-state index in [1.54, 1.807) is 48.5 Å². The summed E-state index contributed by atoms with van der Waals surface area (Å²) < 4.78 is 25.8. The smallest absolute Gasteiger partial charge is 0.319 e. The first-order valence-corrected chi connectivity index (χ1v) is 7.57. The zero-order chi connectivity index (χ0) is 18.2. The molecule has 0 aliphatic rings. The number of hydrogen-bond acceptors (Lipinski definition) is 3. The van der Waals surface area contributed by atoms with E-state index in [9.17, 15) is 18.7 Å². The third kappa shape index (κ3) is 5.55. The molecule has 0 unspecified atom stereocenters. The second kappa shape index (κ2) is 8.76. The molecule has 2 aromatic carbocycles. The SMILES string of the molecule is N#Cc1cccc(NC(=O)N[C@H](Cc2ccccc2)[C@@H](O)C(F)F)c1. The second-order valence-electron chi connectivity index (χ2n) is 5.41. The van der Waals surface area contributed by atoms with Crippen molar-refractivity contribution in [3.8, 4) is 6.07 Å². The number of nitriles is 1. The Kier molecular flexibility index (Phi) is 6.43. The molecule has 0 saturated heterocycles. The number of alkyl halides is 2. The number of hydrogen-bond donors (Lipinski definition) is 3. The van der Waals surface area contributed by atoms with Gasteiger partial charge in [-0.05, 0) is 30.2 Å². The van der Waals surface area contributed by atoms with E-state index in [0.29, 0.717) is 16.8 Å². The lowest BCUT2D eigenvalue weighted by Gasteiger charge is -2.24. The van der Waals surface area contributed by atoms with Gasteiger partial charge in [0.25, 0.3) is 6.43 Å². The molecule has 2 atom stereocenters. The minimum atomic E-state index is -2.99. The van der Waals surface area contributed by atoms with Crippen molar-refractivity contribution >= 4 is 11.7 Å². The van der Waals surface area contributed by atoms with Gasteiger partial charge < -0.3 is 15.7 Å². The molecule has 0 aromatic heterocycles. The van der Waals surface area contributed by atoms with Crippen molar-refractivity contribution in [2.24, 2.45) is 0 Å². The van der Waals surface area contributed by atoms with Crippen LogP contribution in [0.25, 0.3) is 0 Å². The Balaban J connectivity index is 2.07. The van der Waals surface area contributed by atoms with Gasteiger partial charge in [-0.3, -0.25) is 0 Å². The van der Waals surface area contributed by atoms with Crippen molar-refractivity contribution in [2.45, 2.75) is 25.0 Å². The van der Waals surface area contributed by atoms with Crippen LogP contribution in [0.15, 0.2) is 54.6 Å². The Bertz CT molecular complexity index is 747. The van der Waals surface area contributed by atoms with Gasteiger partial charge in [0.15, 0.2) is 0 Å². The summed E-state index contributed by atoms with van der Waals surface area (Å²) in [5.74, 6) is 0. The number of nitrogens with zero attached hydrogens (tertiary/aromatic N) is 1. The summed E-state index contributed by atoms with van der Waals surface area (Å²) >= 11 is 0. The van der Waals surface area contributed by atoms with E-state index >= 15 is 0 Å². The van der Waals surface area contributed by atoms with Gasteiger partial charge in [-0.1, -0.05) is 36.4 Å². The zero-order valence-electron chi connectivity index (χ0n) is 13.2. The van der Waals surface area contributed by atoms with Gasteiger partial charge in [0.1, 0.15) is 6.10 Å². The summed E-state index contributed by atoms with van der Waals surface area (Å²) in [5, 5.41) is 23.4. The number of amides is 2. The van der Waals surface area contributed by atoms with Crippen LogP contribution in [0.3, 0.4) is 0 Å². The third-order valence-electron chi connectivity index (χ3n) is 3.53. The number of urea groups is 1. The van der Waals surface area contributed by atoms with Crippen molar-refractivity contribution in [1.82, 2.24) is 5.32 Å². The molecule has 0 spiro atoms. The number of nitrogens with one attached hydrogen (secondary N) is 2. The van der Waals surface area contributed by atoms with Crippen LogP contribution < -0.4 is 10.6 Å². The molecule has 130 valence electrons. The largest absolute Gasteiger partial charge is 0.385 e. The Morgan fingerprint density at radius 2 is 1.88 bits per heavy atom. The molecule has 0 fully saturated rings. The fourth-order valence-corrected chi connectivity index (χ4v) is 2.30. The molecule has 0 aliphatic carbocycles. The molecule has 0 radical (unpaired) electrons.